The number of nitrogens with zero attached hydrogens (tertiary/aromatic N) is 4. The quantitative estimate of drug-likeness (QED) is 0.209. The molecule has 0 aliphatic carbocycles. The lowest BCUT2D eigenvalue weighted by molar-refractivity contribution is 0.0428. The monoisotopic (exact) mass is 481 g/mol. The van der Waals surface area contributed by atoms with E-state index in [1.165, 1.54) is 6.92 Å². The first-order chi connectivity index (χ1) is 16.9. The van der Waals surface area contributed by atoms with Crippen molar-refractivity contribution < 1.29 is 14.6 Å². The molecule has 2 N–H and O–H groups in total. The summed E-state index contributed by atoms with van der Waals surface area (Å²) >= 11 is 0. The second-order valence-electron chi connectivity index (χ2n) is 8.45. The van der Waals surface area contributed by atoms with Crippen LogP contribution in [0, 0.1) is 24.2 Å². The van der Waals surface area contributed by atoms with E-state index >= 15 is 0 Å². The summed E-state index contributed by atoms with van der Waals surface area (Å²) in [7, 11) is 0. The minimum absolute atomic E-state index is 0.0510. The van der Waals surface area contributed by atoms with Gasteiger partial charge in [-0.05, 0) is 49.9 Å². The van der Waals surface area contributed by atoms with E-state index in [2.05, 4.69) is 29.5 Å². The van der Waals surface area contributed by atoms with Gasteiger partial charge in [-0.3, -0.25) is 4.79 Å². The van der Waals surface area contributed by atoms with Crippen LogP contribution in [0.1, 0.15) is 80.8 Å². The predicted octanol–water partition coefficient (Wildman–Crippen LogP) is 5.87. The average Bonchev–Trinajstić information content (AvgIpc) is 2.86. The van der Waals surface area contributed by atoms with Gasteiger partial charge in [0.1, 0.15) is 11.6 Å². The Morgan fingerprint density at radius 2 is 1.86 bits per heavy atom. The Labute approximate surface area is 206 Å². The summed E-state index contributed by atoms with van der Waals surface area (Å²) in [4.78, 5) is 25.3. The fourth-order valence-electron chi connectivity index (χ4n) is 3.47. The molecule has 0 radical (unpaired) electrons. The van der Waals surface area contributed by atoms with Gasteiger partial charge in [0.25, 0.3) is 5.56 Å². The first-order valence-electron chi connectivity index (χ1n) is 12.2. The van der Waals surface area contributed by atoms with Crippen LogP contribution in [0.4, 0.5) is 11.4 Å². The highest BCUT2D eigenvalue weighted by molar-refractivity contribution is 5.89. The average molecular weight is 482 g/mol. The molecule has 0 bridgehead atoms. The summed E-state index contributed by atoms with van der Waals surface area (Å²) in [5, 5.41) is 27.9. The Morgan fingerprint density at radius 1 is 1.17 bits per heavy atom. The number of ether oxygens (including phenoxy) is 1. The normalized spacial score (nSPS) is 11.9. The maximum Gasteiger partial charge on any atom is 0.338 e. The number of benzene rings is 1. The fourth-order valence-corrected chi connectivity index (χ4v) is 3.47. The Hall–Kier alpha value is -3.67. The van der Waals surface area contributed by atoms with Crippen LogP contribution in [0.3, 0.4) is 0 Å². The van der Waals surface area contributed by atoms with E-state index in [0.29, 0.717) is 30.3 Å². The maximum absolute atomic E-state index is 12.9. The van der Waals surface area contributed by atoms with E-state index in [9.17, 15) is 20.0 Å². The Balaban J connectivity index is 2.18. The lowest BCUT2D eigenvalue weighted by Gasteiger charge is -2.14. The van der Waals surface area contributed by atoms with Gasteiger partial charge >= 0.3 is 5.97 Å². The van der Waals surface area contributed by atoms with Gasteiger partial charge in [-0.25, -0.2) is 4.79 Å². The number of aromatic nitrogens is 1. The van der Waals surface area contributed by atoms with Gasteiger partial charge in [-0.1, -0.05) is 46.5 Å². The molecule has 0 amide bonds. The van der Waals surface area contributed by atoms with Crippen LogP contribution in [0.5, 0.6) is 5.88 Å². The molecular weight excluding hydrogens is 446 g/mol. The second kappa shape index (κ2) is 13.9. The number of esters is 1. The minimum Gasteiger partial charge on any atom is -0.492 e. The summed E-state index contributed by atoms with van der Waals surface area (Å²) in [6.07, 6.45) is 5.92. The summed E-state index contributed by atoms with van der Waals surface area (Å²) in [6.45, 7) is 8.62. The third-order valence-electron chi connectivity index (χ3n) is 5.85. The van der Waals surface area contributed by atoms with Gasteiger partial charge in [0, 0.05) is 12.1 Å². The number of carbonyl (C=O) groups excluding carboxylic acids is 1. The Kier molecular flexibility index (Phi) is 10.9. The molecule has 0 saturated carbocycles. The largest absolute Gasteiger partial charge is 0.492 e. The zero-order valence-corrected chi connectivity index (χ0v) is 21.0. The fraction of sp³-hybridized carbons (Fsp3) is 0.500. The highest BCUT2D eigenvalue weighted by Gasteiger charge is 2.19. The van der Waals surface area contributed by atoms with Crippen molar-refractivity contribution in [2.75, 3.05) is 18.6 Å². The van der Waals surface area contributed by atoms with Gasteiger partial charge < -0.3 is 15.3 Å². The number of unbranched alkanes of at least 4 members (excludes halogenated alkanes) is 2. The molecule has 0 saturated heterocycles. The van der Waals surface area contributed by atoms with Crippen LogP contribution < -0.4 is 11.0 Å². The third-order valence-corrected chi connectivity index (χ3v) is 5.85. The first-order valence-corrected chi connectivity index (χ1v) is 12.2. The molecule has 0 fully saturated rings. The molecular formula is C26H35N5O4. The summed E-state index contributed by atoms with van der Waals surface area (Å²) in [5.74, 6) is -0.482. The topological polar surface area (TPSA) is 129 Å². The molecule has 35 heavy (non-hydrogen) atoms. The summed E-state index contributed by atoms with van der Waals surface area (Å²) in [5.41, 5.74) is 3.19. The van der Waals surface area contributed by atoms with Crippen molar-refractivity contribution in [3.63, 3.8) is 0 Å². The number of hydrogen-bond acceptors (Lipinski definition) is 8. The summed E-state index contributed by atoms with van der Waals surface area (Å²) in [6, 6.07) is 8.31. The number of nitrogens with one attached hydrogen (secondary N) is 1. The van der Waals surface area contributed by atoms with Gasteiger partial charge in [0.15, 0.2) is 5.69 Å². The number of rotatable bonds is 13. The highest BCUT2D eigenvalue weighted by atomic mass is 16.5. The minimum atomic E-state index is -0.604. The number of carbonyl (C=O) groups is 1. The Bertz CT molecular complexity index is 1120. The molecule has 1 heterocycles. The van der Waals surface area contributed by atoms with E-state index in [0.717, 1.165) is 43.2 Å². The smallest absolute Gasteiger partial charge is 0.338 e. The first kappa shape index (κ1) is 27.6. The Morgan fingerprint density at radius 3 is 2.46 bits per heavy atom. The lowest BCUT2D eigenvalue weighted by atomic mass is 10.0. The molecule has 0 aliphatic rings. The molecule has 0 aliphatic heterocycles. The number of hydrogen-bond donors (Lipinski definition) is 2. The molecule has 9 nitrogen and oxygen atoms in total. The standard InChI is InChI=1S/C26H35N5O4/c1-5-8-10-19(7-3)17-35-26(34)20-11-13-21(14-12-20)29-30-23-18(4)22(16-27)24(32)31(25(23)33)28-15-9-6-2/h11-14,19,28,32H,5-10,15,17H2,1-4H3. The number of azo groups is 1. The molecule has 1 unspecified atom stereocenters. The molecule has 1 atom stereocenters. The molecule has 9 heteroatoms. The van der Waals surface area contributed by atoms with Crippen molar-refractivity contribution in [3.05, 3.63) is 51.3 Å². The molecule has 2 aromatic rings. The van der Waals surface area contributed by atoms with Gasteiger partial charge in [0.05, 0.1) is 17.9 Å². The second-order valence-corrected chi connectivity index (χ2v) is 8.45. The van der Waals surface area contributed by atoms with E-state index in [1.54, 1.807) is 24.3 Å². The number of aromatic hydroxyl groups is 1. The van der Waals surface area contributed by atoms with Crippen LogP contribution >= 0.6 is 0 Å². The van der Waals surface area contributed by atoms with Crippen LogP contribution in [0.2, 0.25) is 0 Å². The van der Waals surface area contributed by atoms with Crippen molar-refractivity contribution in [2.24, 2.45) is 16.1 Å². The van der Waals surface area contributed by atoms with E-state index in [-0.39, 0.29) is 16.8 Å². The van der Waals surface area contributed by atoms with Crippen molar-refractivity contribution in [1.82, 2.24) is 4.68 Å². The number of pyridine rings is 1. The molecule has 0 spiro atoms. The molecule has 2 rings (SSSR count). The summed E-state index contributed by atoms with van der Waals surface area (Å²) < 4.78 is 6.40. The third kappa shape index (κ3) is 7.41. The van der Waals surface area contributed by atoms with Gasteiger partial charge in [-0.15, -0.1) is 5.11 Å². The zero-order chi connectivity index (χ0) is 25.8. The molecule has 1 aromatic carbocycles. The SMILES string of the molecule is CCCCNn1c(O)c(C#N)c(C)c(N=Nc2ccc(C(=O)OCC(CC)CCCC)cc2)c1=O. The van der Waals surface area contributed by atoms with Crippen LogP contribution in [-0.2, 0) is 4.74 Å². The van der Waals surface area contributed by atoms with Crippen LogP contribution in [0.15, 0.2) is 39.3 Å². The van der Waals surface area contributed by atoms with Crippen LogP contribution in [0.25, 0.3) is 0 Å². The van der Waals surface area contributed by atoms with Crippen molar-refractivity contribution in [1.29, 1.82) is 5.26 Å². The van der Waals surface area contributed by atoms with Crippen LogP contribution in [-0.4, -0.2) is 28.9 Å². The van der Waals surface area contributed by atoms with Crippen molar-refractivity contribution >= 4 is 17.3 Å². The zero-order valence-electron chi connectivity index (χ0n) is 21.0. The molecule has 188 valence electrons. The lowest BCUT2D eigenvalue weighted by Crippen LogP contribution is -2.30. The van der Waals surface area contributed by atoms with Gasteiger partial charge in [-0.2, -0.15) is 15.1 Å². The number of nitriles is 1. The predicted molar refractivity (Wildman–Crippen MR) is 135 cm³/mol. The van der Waals surface area contributed by atoms with E-state index in [1.807, 2.05) is 13.0 Å². The van der Waals surface area contributed by atoms with Gasteiger partial charge in [0.2, 0.25) is 5.88 Å². The van der Waals surface area contributed by atoms with E-state index in [4.69, 9.17) is 4.74 Å². The van der Waals surface area contributed by atoms with Crippen molar-refractivity contribution in [2.45, 2.75) is 66.2 Å². The maximum atomic E-state index is 12.9. The molecule has 1 aromatic heterocycles. The van der Waals surface area contributed by atoms with E-state index < -0.39 is 17.4 Å². The highest BCUT2D eigenvalue weighted by Crippen LogP contribution is 2.26. The van der Waals surface area contributed by atoms with Crippen molar-refractivity contribution in [3.8, 4) is 11.9 Å².